The quantitative estimate of drug-likeness (QED) is 0.837. The van der Waals surface area contributed by atoms with Crippen LogP contribution in [0.1, 0.15) is 78.7 Å². The van der Waals surface area contributed by atoms with Gasteiger partial charge in [-0.15, -0.1) is 0 Å². The maximum absolute atomic E-state index is 13.2. The standard InChI is InChI=1S/C22H28FN3O2/c1-26(18-11-12-28-21(13-18)16-7-9-17(23)10-8-16)22(27)20-14-19(24-25-20)15-5-3-2-4-6-15/h7-10,14-15,18,21H,2-6,11-13H2,1H3,(H,24,25). The fraction of sp³-hybridized carbons (Fsp3) is 0.545. The predicted octanol–water partition coefficient (Wildman–Crippen LogP) is 4.59. The minimum Gasteiger partial charge on any atom is -0.373 e. The molecule has 2 atom stereocenters. The van der Waals surface area contributed by atoms with Crippen molar-refractivity contribution in [2.45, 2.75) is 63.0 Å². The van der Waals surface area contributed by atoms with Crippen LogP contribution in [-0.4, -0.2) is 40.7 Å². The molecule has 2 aliphatic rings. The zero-order valence-electron chi connectivity index (χ0n) is 16.4. The van der Waals surface area contributed by atoms with Gasteiger partial charge in [-0.3, -0.25) is 9.89 Å². The van der Waals surface area contributed by atoms with E-state index in [4.69, 9.17) is 4.74 Å². The van der Waals surface area contributed by atoms with Gasteiger partial charge in [-0.1, -0.05) is 31.4 Å². The first kappa shape index (κ1) is 19.1. The molecule has 1 N–H and O–H groups in total. The van der Waals surface area contributed by atoms with Crippen molar-refractivity contribution in [2.75, 3.05) is 13.7 Å². The van der Waals surface area contributed by atoms with Crippen molar-refractivity contribution in [3.63, 3.8) is 0 Å². The van der Waals surface area contributed by atoms with Crippen LogP contribution < -0.4 is 0 Å². The average Bonchev–Trinajstić information content (AvgIpc) is 3.24. The molecule has 1 aliphatic heterocycles. The van der Waals surface area contributed by atoms with Gasteiger partial charge in [0, 0.05) is 31.3 Å². The van der Waals surface area contributed by atoms with Crippen molar-refractivity contribution < 1.29 is 13.9 Å². The highest BCUT2D eigenvalue weighted by Gasteiger charge is 2.30. The first-order chi connectivity index (χ1) is 13.6. The van der Waals surface area contributed by atoms with Gasteiger partial charge in [0.25, 0.3) is 5.91 Å². The molecule has 0 radical (unpaired) electrons. The lowest BCUT2D eigenvalue weighted by Gasteiger charge is -2.35. The zero-order valence-corrected chi connectivity index (χ0v) is 16.4. The average molecular weight is 385 g/mol. The number of carbonyl (C=O) groups excluding carboxylic acids is 1. The molecule has 1 amide bonds. The van der Waals surface area contributed by atoms with Crippen LogP contribution in [0.4, 0.5) is 4.39 Å². The van der Waals surface area contributed by atoms with Gasteiger partial charge in [0.05, 0.1) is 6.10 Å². The van der Waals surface area contributed by atoms with Crippen molar-refractivity contribution in [3.05, 3.63) is 53.1 Å². The van der Waals surface area contributed by atoms with E-state index in [1.807, 2.05) is 13.1 Å². The summed E-state index contributed by atoms with van der Waals surface area (Å²) in [6.45, 7) is 0.582. The van der Waals surface area contributed by atoms with Crippen LogP contribution in [0.25, 0.3) is 0 Å². The van der Waals surface area contributed by atoms with Gasteiger partial charge < -0.3 is 9.64 Å². The van der Waals surface area contributed by atoms with Crippen molar-refractivity contribution in [1.29, 1.82) is 0 Å². The van der Waals surface area contributed by atoms with E-state index in [0.717, 1.165) is 17.7 Å². The molecule has 6 heteroatoms. The summed E-state index contributed by atoms with van der Waals surface area (Å²) in [6, 6.07) is 8.43. The third-order valence-corrected chi connectivity index (χ3v) is 6.23. The molecule has 1 aliphatic carbocycles. The molecule has 1 aromatic carbocycles. The van der Waals surface area contributed by atoms with Crippen molar-refractivity contribution in [1.82, 2.24) is 15.1 Å². The van der Waals surface area contributed by atoms with E-state index in [9.17, 15) is 9.18 Å². The maximum atomic E-state index is 13.2. The van der Waals surface area contributed by atoms with Gasteiger partial charge in [0.15, 0.2) is 0 Å². The second kappa shape index (κ2) is 8.43. The molecule has 28 heavy (non-hydrogen) atoms. The normalized spacial score (nSPS) is 23.5. The topological polar surface area (TPSA) is 58.2 Å². The summed E-state index contributed by atoms with van der Waals surface area (Å²) >= 11 is 0. The lowest BCUT2D eigenvalue weighted by molar-refractivity contribution is -0.0198. The van der Waals surface area contributed by atoms with Crippen molar-refractivity contribution in [2.24, 2.45) is 0 Å². The number of H-pyrrole nitrogens is 1. The van der Waals surface area contributed by atoms with Gasteiger partial charge >= 0.3 is 0 Å². The minimum absolute atomic E-state index is 0.0527. The highest BCUT2D eigenvalue weighted by atomic mass is 19.1. The third-order valence-electron chi connectivity index (χ3n) is 6.23. The van der Waals surface area contributed by atoms with Gasteiger partial charge in [0.1, 0.15) is 11.5 Å². The first-order valence-electron chi connectivity index (χ1n) is 10.3. The number of hydrogen-bond donors (Lipinski definition) is 1. The summed E-state index contributed by atoms with van der Waals surface area (Å²) in [5, 5.41) is 7.40. The van der Waals surface area contributed by atoms with Gasteiger partial charge in [0.2, 0.25) is 0 Å². The molecule has 1 aromatic heterocycles. The number of nitrogens with one attached hydrogen (secondary N) is 1. The molecule has 2 heterocycles. The molecule has 4 rings (SSSR count). The Morgan fingerprint density at radius 1 is 1.18 bits per heavy atom. The largest absolute Gasteiger partial charge is 0.373 e. The van der Waals surface area contributed by atoms with Crippen LogP contribution in [-0.2, 0) is 4.74 Å². The van der Waals surface area contributed by atoms with E-state index >= 15 is 0 Å². The Morgan fingerprint density at radius 2 is 1.93 bits per heavy atom. The second-order valence-electron chi connectivity index (χ2n) is 8.05. The van der Waals surface area contributed by atoms with Gasteiger partial charge in [-0.25, -0.2) is 4.39 Å². The van der Waals surface area contributed by atoms with Crippen LogP contribution in [0.5, 0.6) is 0 Å². The van der Waals surface area contributed by atoms with E-state index in [1.54, 1.807) is 17.0 Å². The predicted molar refractivity (Wildman–Crippen MR) is 105 cm³/mol. The number of halogens is 1. The number of ether oxygens (including phenoxy) is 1. The monoisotopic (exact) mass is 385 g/mol. The second-order valence-corrected chi connectivity index (χ2v) is 8.05. The van der Waals surface area contributed by atoms with E-state index in [-0.39, 0.29) is 23.9 Å². The Labute approximate surface area is 165 Å². The highest BCUT2D eigenvalue weighted by molar-refractivity contribution is 5.92. The number of amides is 1. The number of hydrogen-bond acceptors (Lipinski definition) is 3. The third kappa shape index (κ3) is 4.12. The van der Waals surface area contributed by atoms with Crippen LogP contribution in [0, 0.1) is 5.82 Å². The fourth-order valence-electron chi connectivity index (χ4n) is 4.46. The van der Waals surface area contributed by atoms with Crippen molar-refractivity contribution in [3.8, 4) is 0 Å². The minimum atomic E-state index is -0.254. The Bertz CT molecular complexity index is 798. The number of benzene rings is 1. The lowest BCUT2D eigenvalue weighted by Crippen LogP contribution is -2.41. The number of carbonyl (C=O) groups is 1. The van der Waals surface area contributed by atoms with E-state index in [1.165, 1.54) is 44.2 Å². The fourth-order valence-corrected chi connectivity index (χ4v) is 4.46. The number of aromatic nitrogens is 2. The summed E-state index contributed by atoms with van der Waals surface area (Å²) in [4.78, 5) is 14.8. The molecule has 0 bridgehead atoms. The van der Waals surface area contributed by atoms with Crippen LogP contribution in [0.15, 0.2) is 30.3 Å². The summed E-state index contributed by atoms with van der Waals surface area (Å²) in [5.41, 5.74) is 2.53. The molecule has 5 nitrogen and oxygen atoms in total. The van der Waals surface area contributed by atoms with E-state index in [0.29, 0.717) is 24.6 Å². The summed E-state index contributed by atoms with van der Waals surface area (Å²) in [7, 11) is 1.84. The maximum Gasteiger partial charge on any atom is 0.274 e. The van der Waals surface area contributed by atoms with Crippen LogP contribution >= 0.6 is 0 Å². The molecular formula is C22H28FN3O2. The lowest BCUT2D eigenvalue weighted by atomic mass is 9.87. The smallest absolute Gasteiger partial charge is 0.274 e. The van der Waals surface area contributed by atoms with Crippen LogP contribution in [0.3, 0.4) is 0 Å². The molecule has 2 unspecified atom stereocenters. The Balaban J connectivity index is 1.41. The van der Waals surface area contributed by atoms with Crippen molar-refractivity contribution >= 4 is 5.91 Å². The summed E-state index contributed by atoms with van der Waals surface area (Å²) in [5.74, 6) is 0.192. The molecule has 150 valence electrons. The zero-order chi connectivity index (χ0) is 19.5. The molecule has 2 aromatic rings. The van der Waals surface area contributed by atoms with Gasteiger partial charge in [-0.05, 0) is 49.4 Å². The van der Waals surface area contributed by atoms with E-state index in [2.05, 4.69) is 10.2 Å². The molecule has 1 saturated carbocycles. The molecular weight excluding hydrogens is 357 g/mol. The molecule has 1 saturated heterocycles. The summed E-state index contributed by atoms with van der Waals surface area (Å²) in [6.07, 6.45) is 7.52. The van der Waals surface area contributed by atoms with E-state index < -0.39 is 0 Å². The summed E-state index contributed by atoms with van der Waals surface area (Å²) < 4.78 is 19.1. The Hall–Kier alpha value is -2.21. The first-order valence-corrected chi connectivity index (χ1v) is 10.3. The molecule has 2 fully saturated rings. The SMILES string of the molecule is CN(C(=O)c1cc(C2CCCCC2)[nH]n1)C1CCOC(c2ccc(F)cc2)C1. The number of aromatic amines is 1. The van der Waals surface area contributed by atoms with Crippen LogP contribution in [0.2, 0.25) is 0 Å². The molecule has 0 spiro atoms. The Morgan fingerprint density at radius 3 is 2.68 bits per heavy atom. The number of nitrogens with zero attached hydrogens (tertiary/aromatic N) is 2. The number of rotatable bonds is 4. The highest BCUT2D eigenvalue weighted by Crippen LogP contribution is 2.33. The Kier molecular flexibility index (Phi) is 5.76. The van der Waals surface area contributed by atoms with Gasteiger partial charge in [-0.2, -0.15) is 5.10 Å².